The molecule has 0 spiro atoms. The molecule has 1 unspecified atom stereocenters. The van der Waals surface area contributed by atoms with Gasteiger partial charge in [0.15, 0.2) is 6.10 Å². The van der Waals surface area contributed by atoms with Gasteiger partial charge in [-0.1, -0.05) is 74.5 Å². The predicted molar refractivity (Wildman–Crippen MR) is 99.5 cm³/mol. The highest BCUT2D eigenvalue weighted by Crippen LogP contribution is 2.45. The Morgan fingerprint density at radius 3 is 1.88 bits per heavy atom. The molecule has 0 radical (unpaired) electrons. The van der Waals surface area contributed by atoms with E-state index in [2.05, 4.69) is 86.6 Å². The summed E-state index contributed by atoms with van der Waals surface area (Å²) < 4.78 is 6.40. The highest BCUT2D eigenvalue weighted by molar-refractivity contribution is 5.78. The van der Waals surface area contributed by atoms with Gasteiger partial charge < -0.3 is 4.74 Å². The molecule has 1 heteroatoms. The van der Waals surface area contributed by atoms with Crippen LogP contribution in [0, 0.1) is 0 Å². The summed E-state index contributed by atoms with van der Waals surface area (Å²) in [4.78, 5) is 0. The summed E-state index contributed by atoms with van der Waals surface area (Å²) >= 11 is 0. The van der Waals surface area contributed by atoms with Crippen molar-refractivity contribution >= 4 is 0 Å². The molecule has 1 aliphatic carbocycles. The van der Waals surface area contributed by atoms with Crippen LogP contribution < -0.4 is 4.74 Å². The Morgan fingerprint density at radius 2 is 1.33 bits per heavy atom. The van der Waals surface area contributed by atoms with Crippen molar-refractivity contribution in [2.24, 2.45) is 0 Å². The monoisotopic (exact) mass is 314 g/mol. The fraction of sp³-hybridized carbons (Fsp3) is 0.217. The van der Waals surface area contributed by atoms with Crippen LogP contribution in [0.5, 0.6) is 5.75 Å². The van der Waals surface area contributed by atoms with Crippen molar-refractivity contribution in [2.45, 2.75) is 32.3 Å². The maximum atomic E-state index is 6.40. The average molecular weight is 314 g/mol. The van der Waals surface area contributed by atoms with E-state index in [1.807, 2.05) is 0 Å². The molecule has 1 nitrogen and oxygen atoms in total. The molecule has 1 atom stereocenters. The van der Waals surface area contributed by atoms with Crippen LogP contribution in [0.4, 0.5) is 0 Å². The third kappa shape index (κ3) is 2.50. The van der Waals surface area contributed by atoms with Crippen LogP contribution in [-0.4, -0.2) is 0 Å². The molecule has 0 fully saturated rings. The van der Waals surface area contributed by atoms with Crippen LogP contribution in [0.25, 0.3) is 11.1 Å². The molecule has 0 N–H and O–H groups in total. The van der Waals surface area contributed by atoms with Gasteiger partial charge in [0.1, 0.15) is 5.75 Å². The molecule has 0 aliphatic heterocycles. The summed E-state index contributed by atoms with van der Waals surface area (Å²) in [6.45, 7) is 4.49. The molecule has 3 aromatic carbocycles. The van der Waals surface area contributed by atoms with Gasteiger partial charge >= 0.3 is 0 Å². The van der Waals surface area contributed by atoms with Crippen LogP contribution in [0.1, 0.15) is 49.0 Å². The van der Waals surface area contributed by atoms with Crippen LogP contribution in [0.3, 0.4) is 0 Å². The van der Waals surface area contributed by atoms with Crippen molar-refractivity contribution in [3.05, 3.63) is 89.5 Å². The van der Waals surface area contributed by atoms with Crippen molar-refractivity contribution in [2.75, 3.05) is 0 Å². The maximum Gasteiger partial charge on any atom is 0.150 e. The minimum atomic E-state index is -0.0214. The van der Waals surface area contributed by atoms with Gasteiger partial charge in [-0.15, -0.1) is 0 Å². The highest BCUT2D eigenvalue weighted by atomic mass is 16.5. The molecule has 4 rings (SSSR count). The van der Waals surface area contributed by atoms with E-state index in [4.69, 9.17) is 4.74 Å². The molecule has 24 heavy (non-hydrogen) atoms. The van der Waals surface area contributed by atoms with Gasteiger partial charge in [-0.2, -0.15) is 0 Å². The van der Waals surface area contributed by atoms with Gasteiger partial charge in [0.25, 0.3) is 0 Å². The van der Waals surface area contributed by atoms with E-state index in [0.717, 1.165) is 12.2 Å². The molecule has 0 bridgehead atoms. The first kappa shape index (κ1) is 15.0. The van der Waals surface area contributed by atoms with Crippen molar-refractivity contribution < 1.29 is 4.74 Å². The largest absolute Gasteiger partial charge is 0.481 e. The van der Waals surface area contributed by atoms with Crippen molar-refractivity contribution in [3.8, 4) is 16.9 Å². The zero-order valence-electron chi connectivity index (χ0n) is 14.2. The van der Waals surface area contributed by atoms with E-state index in [0.29, 0.717) is 5.92 Å². The highest BCUT2D eigenvalue weighted by Gasteiger charge is 2.29. The molecular formula is C23H22O. The molecule has 1 aliphatic rings. The molecular weight excluding hydrogens is 292 g/mol. The maximum absolute atomic E-state index is 6.40. The molecule has 0 saturated heterocycles. The van der Waals surface area contributed by atoms with Gasteiger partial charge in [-0.05, 0) is 41.2 Å². The zero-order valence-corrected chi connectivity index (χ0v) is 14.2. The second-order valence-electron chi connectivity index (χ2n) is 6.55. The van der Waals surface area contributed by atoms with E-state index >= 15 is 0 Å². The lowest BCUT2D eigenvalue weighted by Crippen LogP contribution is -2.06. The standard InChI is InChI=1S/C23H22O/c1-3-16(2)17-12-14-18(15-13-17)24-23-21-10-6-4-8-19(21)20-9-5-7-11-22(20)23/h4-16,23H,3H2,1-2H3. The predicted octanol–water partition coefficient (Wildman–Crippen LogP) is 6.35. The van der Waals surface area contributed by atoms with Crippen LogP contribution >= 0.6 is 0 Å². The minimum Gasteiger partial charge on any atom is -0.481 e. The second-order valence-corrected chi connectivity index (χ2v) is 6.55. The van der Waals surface area contributed by atoms with Gasteiger partial charge in [0, 0.05) is 11.1 Å². The van der Waals surface area contributed by atoms with E-state index in [1.165, 1.54) is 27.8 Å². The topological polar surface area (TPSA) is 9.23 Å². The molecule has 120 valence electrons. The molecule has 0 aromatic heterocycles. The number of hydrogen-bond donors (Lipinski definition) is 0. The van der Waals surface area contributed by atoms with Gasteiger partial charge in [-0.25, -0.2) is 0 Å². The Kier molecular flexibility index (Phi) is 3.86. The molecule has 0 heterocycles. The number of rotatable bonds is 4. The summed E-state index contributed by atoms with van der Waals surface area (Å²) in [7, 11) is 0. The van der Waals surface area contributed by atoms with E-state index in [1.54, 1.807) is 0 Å². The van der Waals surface area contributed by atoms with Crippen LogP contribution in [0.2, 0.25) is 0 Å². The summed E-state index contributed by atoms with van der Waals surface area (Å²) in [5.41, 5.74) is 6.45. The van der Waals surface area contributed by atoms with E-state index in [-0.39, 0.29) is 6.10 Å². The fourth-order valence-corrected chi connectivity index (χ4v) is 3.48. The third-order valence-corrected chi connectivity index (χ3v) is 5.09. The first-order valence-electron chi connectivity index (χ1n) is 8.72. The van der Waals surface area contributed by atoms with Gasteiger partial charge in [-0.3, -0.25) is 0 Å². The van der Waals surface area contributed by atoms with Crippen LogP contribution in [-0.2, 0) is 0 Å². The number of hydrogen-bond acceptors (Lipinski definition) is 1. The number of benzene rings is 3. The quantitative estimate of drug-likeness (QED) is 0.545. The fourth-order valence-electron chi connectivity index (χ4n) is 3.48. The lowest BCUT2D eigenvalue weighted by Gasteiger charge is -2.17. The third-order valence-electron chi connectivity index (χ3n) is 5.09. The lowest BCUT2D eigenvalue weighted by atomic mass is 9.99. The number of ether oxygens (including phenoxy) is 1. The second kappa shape index (κ2) is 6.16. The van der Waals surface area contributed by atoms with E-state index < -0.39 is 0 Å². The Balaban J connectivity index is 1.67. The van der Waals surface area contributed by atoms with Crippen molar-refractivity contribution in [3.63, 3.8) is 0 Å². The van der Waals surface area contributed by atoms with Crippen molar-refractivity contribution in [1.82, 2.24) is 0 Å². The summed E-state index contributed by atoms with van der Waals surface area (Å²) in [6.07, 6.45) is 1.13. The summed E-state index contributed by atoms with van der Waals surface area (Å²) in [5.74, 6) is 1.52. The van der Waals surface area contributed by atoms with Crippen molar-refractivity contribution in [1.29, 1.82) is 0 Å². The summed E-state index contributed by atoms with van der Waals surface area (Å²) in [6, 6.07) is 25.7. The molecule has 3 aromatic rings. The molecule has 0 amide bonds. The minimum absolute atomic E-state index is 0.0214. The van der Waals surface area contributed by atoms with Gasteiger partial charge in [0.2, 0.25) is 0 Å². The Labute approximate surface area is 143 Å². The lowest BCUT2D eigenvalue weighted by molar-refractivity contribution is 0.252. The molecule has 0 saturated carbocycles. The Bertz CT molecular complexity index is 802. The Morgan fingerprint density at radius 1 is 0.792 bits per heavy atom. The van der Waals surface area contributed by atoms with Gasteiger partial charge in [0.05, 0.1) is 0 Å². The smallest absolute Gasteiger partial charge is 0.150 e. The summed E-state index contributed by atoms with van der Waals surface area (Å²) in [5, 5.41) is 0. The SMILES string of the molecule is CCC(C)c1ccc(OC2c3ccccc3-c3ccccc32)cc1. The number of fused-ring (bicyclic) bond motifs is 3. The van der Waals surface area contributed by atoms with Crippen LogP contribution in [0.15, 0.2) is 72.8 Å². The average Bonchev–Trinajstić information content (AvgIpc) is 2.96. The first-order chi connectivity index (χ1) is 11.8. The Hall–Kier alpha value is -2.54. The normalized spacial score (nSPS) is 14.1. The first-order valence-corrected chi connectivity index (χ1v) is 8.72. The zero-order chi connectivity index (χ0) is 16.5. The van der Waals surface area contributed by atoms with E-state index in [9.17, 15) is 0 Å².